The highest BCUT2D eigenvalue weighted by Crippen LogP contribution is 2.44. The molecule has 0 aliphatic carbocycles. The molecule has 144 valence electrons. The molecule has 1 N–H and O–H groups in total. The van der Waals surface area contributed by atoms with Gasteiger partial charge in [-0.1, -0.05) is 13.8 Å². The highest BCUT2D eigenvalue weighted by molar-refractivity contribution is 5.86. The van der Waals surface area contributed by atoms with E-state index in [2.05, 4.69) is 19.2 Å². The van der Waals surface area contributed by atoms with E-state index >= 15 is 0 Å². The van der Waals surface area contributed by atoms with Crippen LogP contribution in [0.3, 0.4) is 0 Å². The maximum Gasteiger partial charge on any atom is 0.323 e. The van der Waals surface area contributed by atoms with E-state index in [0.29, 0.717) is 13.0 Å². The van der Waals surface area contributed by atoms with E-state index in [9.17, 15) is 4.79 Å². The van der Waals surface area contributed by atoms with Gasteiger partial charge in [-0.2, -0.15) is 0 Å². The van der Waals surface area contributed by atoms with Crippen LogP contribution in [-0.4, -0.2) is 43.4 Å². The fourth-order valence-corrected chi connectivity index (χ4v) is 4.22. The van der Waals surface area contributed by atoms with Crippen LogP contribution in [0.2, 0.25) is 0 Å². The smallest absolute Gasteiger partial charge is 0.323 e. The van der Waals surface area contributed by atoms with Gasteiger partial charge in [0.15, 0.2) is 0 Å². The molecule has 0 bridgehead atoms. The van der Waals surface area contributed by atoms with Gasteiger partial charge in [0, 0.05) is 23.9 Å². The number of rotatable bonds is 3. The minimum Gasteiger partial charge on any atom is -0.497 e. The monoisotopic (exact) mass is 370 g/mol. The molecule has 27 heavy (non-hydrogen) atoms. The Morgan fingerprint density at radius 1 is 1.37 bits per heavy atom. The maximum absolute atomic E-state index is 11.9. The molecule has 2 atom stereocenters. The largest absolute Gasteiger partial charge is 0.497 e. The van der Waals surface area contributed by atoms with Gasteiger partial charge in [0.25, 0.3) is 0 Å². The van der Waals surface area contributed by atoms with E-state index in [0.717, 1.165) is 40.9 Å². The normalized spacial score (nSPS) is 24.1. The third-order valence-corrected chi connectivity index (χ3v) is 5.70. The number of aryl methyl sites for hydroxylation is 1. The number of aromatic nitrogens is 1. The molecule has 2 aromatic rings. The summed E-state index contributed by atoms with van der Waals surface area (Å²) in [4.78, 5) is 16.8. The van der Waals surface area contributed by atoms with Crippen molar-refractivity contribution in [3.8, 4) is 11.5 Å². The number of hydrogen-bond donors (Lipinski definition) is 1. The van der Waals surface area contributed by atoms with E-state index in [-0.39, 0.29) is 23.5 Å². The topological polar surface area (TPSA) is 69.7 Å². The van der Waals surface area contributed by atoms with Crippen LogP contribution >= 0.6 is 0 Å². The predicted octanol–water partition coefficient (Wildman–Crippen LogP) is 2.97. The molecular weight excluding hydrogens is 344 g/mol. The zero-order valence-electron chi connectivity index (χ0n) is 16.3. The molecule has 1 aromatic heterocycles. The lowest BCUT2D eigenvalue weighted by Crippen LogP contribution is -2.42. The number of nitrogens with zero attached hydrogens (tertiary/aromatic N) is 1. The Morgan fingerprint density at radius 3 is 2.89 bits per heavy atom. The summed E-state index contributed by atoms with van der Waals surface area (Å²) >= 11 is 0. The zero-order valence-corrected chi connectivity index (χ0v) is 16.3. The second-order valence-electron chi connectivity index (χ2n) is 7.79. The minimum absolute atomic E-state index is 0.230. The highest BCUT2D eigenvalue weighted by atomic mass is 16.5. The fourth-order valence-electron chi connectivity index (χ4n) is 4.22. The molecule has 4 rings (SSSR count). The van der Waals surface area contributed by atoms with Gasteiger partial charge >= 0.3 is 5.97 Å². The first kappa shape index (κ1) is 18.0. The molecule has 1 fully saturated rings. The van der Waals surface area contributed by atoms with E-state index in [1.165, 1.54) is 12.7 Å². The fraction of sp³-hybridized carbons (Fsp3) is 0.524. The van der Waals surface area contributed by atoms with Crippen LogP contribution in [0.1, 0.15) is 43.9 Å². The summed E-state index contributed by atoms with van der Waals surface area (Å²) in [5.74, 6) is 1.71. The van der Waals surface area contributed by atoms with Gasteiger partial charge in [-0.15, -0.1) is 0 Å². The molecule has 1 unspecified atom stereocenters. The summed E-state index contributed by atoms with van der Waals surface area (Å²) in [6, 6.07) is 5.68. The Morgan fingerprint density at radius 2 is 2.19 bits per heavy atom. The van der Waals surface area contributed by atoms with Gasteiger partial charge in [0.2, 0.25) is 0 Å². The summed E-state index contributed by atoms with van der Waals surface area (Å²) in [5.41, 5.74) is 2.75. The molecule has 2 aliphatic rings. The molecule has 1 aromatic carbocycles. The Labute approximate surface area is 159 Å². The number of fused-ring (bicyclic) bond motifs is 3. The Hall–Kier alpha value is -2.34. The predicted molar refractivity (Wildman–Crippen MR) is 102 cm³/mol. The number of pyridine rings is 1. The summed E-state index contributed by atoms with van der Waals surface area (Å²) in [6.07, 6.45) is 2.36. The molecule has 0 saturated carbocycles. The number of hydrogen-bond acceptors (Lipinski definition) is 6. The number of carbonyl (C=O) groups is 1. The van der Waals surface area contributed by atoms with E-state index in [4.69, 9.17) is 19.2 Å². The van der Waals surface area contributed by atoms with Crippen molar-refractivity contribution in [2.75, 3.05) is 20.8 Å². The molecule has 2 aliphatic heterocycles. The lowest BCUT2D eigenvalue weighted by molar-refractivity contribution is -0.143. The van der Waals surface area contributed by atoms with Gasteiger partial charge in [0.05, 0.1) is 25.4 Å². The summed E-state index contributed by atoms with van der Waals surface area (Å²) in [5, 5.41) is 4.35. The third kappa shape index (κ3) is 3.02. The van der Waals surface area contributed by atoms with Crippen molar-refractivity contribution in [3.63, 3.8) is 0 Å². The summed E-state index contributed by atoms with van der Waals surface area (Å²) < 4.78 is 16.9. The second-order valence-corrected chi connectivity index (χ2v) is 7.79. The summed E-state index contributed by atoms with van der Waals surface area (Å²) in [7, 11) is 3.10. The second kappa shape index (κ2) is 6.68. The molecule has 1 saturated heterocycles. The van der Waals surface area contributed by atoms with Gasteiger partial charge in [-0.05, 0) is 37.0 Å². The molecule has 6 heteroatoms. The maximum atomic E-state index is 11.9. The molecular formula is C21H26N2O4. The van der Waals surface area contributed by atoms with Crippen molar-refractivity contribution < 1.29 is 19.0 Å². The third-order valence-electron chi connectivity index (χ3n) is 5.70. The first-order valence-corrected chi connectivity index (χ1v) is 9.47. The van der Waals surface area contributed by atoms with Crippen molar-refractivity contribution in [1.29, 1.82) is 0 Å². The van der Waals surface area contributed by atoms with Crippen LogP contribution in [0.5, 0.6) is 11.5 Å². The zero-order chi connectivity index (χ0) is 19.2. The standard InChI is InChI=1S/C21H26N2O4/c1-12(2)18-19-14(15-9-13(25-3)5-6-16(15)23-18)7-8-21(27-19)10-17(22-11-21)20(24)26-4/h5-6,9,12,17,22H,7-8,10-11H2,1-4H3/t17-,21?/m0/s1. The van der Waals surface area contributed by atoms with Crippen molar-refractivity contribution in [1.82, 2.24) is 10.3 Å². The van der Waals surface area contributed by atoms with Crippen LogP contribution in [-0.2, 0) is 16.0 Å². The summed E-state index contributed by atoms with van der Waals surface area (Å²) in [6.45, 7) is 4.90. The van der Waals surface area contributed by atoms with Crippen molar-refractivity contribution in [2.45, 2.75) is 50.7 Å². The SMILES string of the molecule is COC(=O)[C@@H]1CC2(CCc3c(c(C(C)C)nc4ccc(OC)cc34)O2)CN1. The molecule has 0 amide bonds. The molecule has 6 nitrogen and oxygen atoms in total. The van der Waals surface area contributed by atoms with E-state index in [1.807, 2.05) is 18.2 Å². The number of nitrogens with one attached hydrogen (secondary N) is 1. The lowest BCUT2D eigenvalue weighted by atomic mass is 9.86. The molecule has 3 heterocycles. The van der Waals surface area contributed by atoms with E-state index < -0.39 is 0 Å². The molecule has 1 spiro atoms. The van der Waals surface area contributed by atoms with Crippen LogP contribution in [0.15, 0.2) is 18.2 Å². The number of methoxy groups -OCH3 is 2. The highest BCUT2D eigenvalue weighted by Gasteiger charge is 2.47. The van der Waals surface area contributed by atoms with Crippen molar-refractivity contribution in [2.24, 2.45) is 0 Å². The van der Waals surface area contributed by atoms with Gasteiger partial charge in [-0.3, -0.25) is 4.79 Å². The van der Waals surface area contributed by atoms with Crippen LogP contribution < -0.4 is 14.8 Å². The Balaban J connectivity index is 1.78. The lowest BCUT2D eigenvalue weighted by Gasteiger charge is -2.37. The quantitative estimate of drug-likeness (QED) is 0.838. The van der Waals surface area contributed by atoms with Crippen LogP contribution in [0, 0.1) is 0 Å². The van der Waals surface area contributed by atoms with Gasteiger partial charge in [0.1, 0.15) is 23.1 Å². The van der Waals surface area contributed by atoms with Crippen molar-refractivity contribution in [3.05, 3.63) is 29.5 Å². The Kier molecular flexibility index (Phi) is 4.46. The van der Waals surface area contributed by atoms with Gasteiger partial charge in [-0.25, -0.2) is 4.98 Å². The number of benzene rings is 1. The number of ether oxygens (including phenoxy) is 3. The number of carbonyl (C=O) groups excluding carboxylic acids is 1. The van der Waals surface area contributed by atoms with Crippen LogP contribution in [0.25, 0.3) is 10.9 Å². The van der Waals surface area contributed by atoms with Crippen LogP contribution in [0.4, 0.5) is 0 Å². The minimum atomic E-state index is -0.385. The number of esters is 1. The first-order valence-electron chi connectivity index (χ1n) is 9.47. The van der Waals surface area contributed by atoms with Gasteiger partial charge < -0.3 is 19.5 Å². The first-order chi connectivity index (χ1) is 13.0. The average molecular weight is 370 g/mol. The van der Waals surface area contributed by atoms with Crippen molar-refractivity contribution >= 4 is 16.9 Å². The Bertz CT molecular complexity index is 895. The average Bonchev–Trinajstić information content (AvgIpc) is 3.09. The molecule has 0 radical (unpaired) electrons. The van der Waals surface area contributed by atoms with E-state index in [1.54, 1.807) is 7.11 Å².